The van der Waals surface area contributed by atoms with Gasteiger partial charge in [0.1, 0.15) is 0 Å². The van der Waals surface area contributed by atoms with Gasteiger partial charge in [-0.05, 0) is 69.7 Å². The summed E-state index contributed by atoms with van der Waals surface area (Å²) in [5, 5.41) is 4.85. The van der Waals surface area contributed by atoms with Crippen LogP contribution >= 0.6 is 11.3 Å². The molecule has 1 N–H and O–H groups in total. The number of aromatic nitrogens is 1. The van der Waals surface area contributed by atoms with Gasteiger partial charge in [0.2, 0.25) is 0 Å². The fourth-order valence-electron chi connectivity index (χ4n) is 5.71. The smallest absolute Gasteiger partial charge is 0.0993 e. The Morgan fingerprint density at radius 2 is 1.76 bits per heavy atom. The van der Waals surface area contributed by atoms with Gasteiger partial charge in [-0.15, -0.1) is 11.3 Å². The van der Waals surface area contributed by atoms with Crippen molar-refractivity contribution in [3.05, 3.63) is 15.6 Å². The van der Waals surface area contributed by atoms with E-state index in [1.54, 1.807) is 0 Å². The SMILES string of the molecule is CCCc1nc(C23CC4CC(CC(C4)C2)C3)sc1CNC. The molecular weight excluding hydrogens is 276 g/mol. The van der Waals surface area contributed by atoms with Crippen molar-refractivity contribution in [2.24, 2.45) is 17.8 Å². The van der Waals surface area contributed by atoms with Gasteiger partial charge in [0.15, 0.2) is 0 Å². The van der Waals surface area contributed by atoms with Crippen LogP contribution in [0.15, 0.2) is 0 Å². The molecule has 1 aromatic rings. The maximum absolute atomic E-state index is 5.19. The molecule has 0 atom stereocenters. The molecule has 0 amide bonds. The first kappa shape index (κ1) is 14.2. The molecule has 4 aliphatic rings. The van der Waals surface area contributed by atoms with Gasteiger partial charge < -0.3 is 5.32 Å². The average Bonchev–Trinajstić information content (AvgIpc) is 2.82. The van der Waals surface area contributed by atoms with Crippen LogP contribution in [0.25, 0.3) is 0 Å². The lowest BCUT2D eigenvalue weighted by Crippen LogP contribution is -2.48. The minimum Gasteiger partial charge on any atom is -0.315 e. The third kappa shape index (κ3) is 2.37. The van der Waals surface area contributed by atoms with Crippen molar-refractivity contribution in [2.45, 2.75) is 70.3 Å². The third-order valence-corrected chi connectivity index (χ3v) is 7.44. The van der Waals surface area contributed by atoms with Crippen LogP contribution in [-0.2, 0) is 18.4 Å². The number of hydrogen-bond donors (Lipinski definition) is 1. The highest BCUT2D eigenvalue weighted by Crippen LogP contribution is 2.61. The van der Waals surface area contributed by atoms with Gasteiger partial charge in [0.05, 0.1) is 10.7 Å². The van der Waals surface area contributed by atoms with Crippen molar-refractivity contribution >= 4 is 11.3 Å². The second kappa shape index (κ2) is 5.34. The first-order chi connectivity index (χ1) is 10.2. The average molecular weight is 305 g/mol. The van der Waals surface area contributed by atoms with Crippen LogP contribution in [0.2, 0.25) is 0 Å². The summed E-state index contributed by atoms with van der Waals surface area (Å²) in [7, 11) is 2.06. The molecule has 0 saturated heterocycles. The summed E-state index contributed by atoms with van der Waals surface area (Å²) in [6.07, 6.45) is 11.3. The molecule has 4 bridgehead atoms. The molecule has 5 rings (SSSR count). The lowest BCUT2D eigenvalue weighted by molar-refractivity contribution is -0.00533. The zero-order chi connectivity index (χ0) is 14.4. The fraction of sp³-hybridized carbons (Fsp3) is 0.833. The van der Waals surface area contributed by atoms with Gasteiger partial charge in [-0.25, -0.2) is 4.98 Å². The molecule has 0 unspecified atom stereocenters. The zero-order valence-electron chi connectivity index (χ0n) is 13.5. The number of hydrogen-bond acceptors (Lipinski definition) is 3. The second-order valence-corrected chi connectivity index (χ2v) is 8.95. The van der Waals surface area contributed by atoms with Crippen LogP contribution in [0.4, 0.5) is 0 Å². The Labute approximate surface area is 132 Å². The minimum absolute atomic E-state index is 0.480. The van der Waals surface area contributed by atoms with Crippen molar-refractivity contribution in [3.63, 3.8) is 0 Å². The van der Waals surface area contributed by atoms with E-state index in [1.807, 2.05) is 11.3 Å². The zero-order valence-corrected chi connectivity index (χ0v) is 14.3. The summed E-state index contributed by atoms with van der Waals surface area (Å²) < 4.78 is 0. The molecule has 1 aromatic heterocycles. The Hall–Kier alpha value is -0.410. The van der Waals surface area contributed by atoms with Gasteiger partial charge in [0.25, 0.3) is 0 Å². The minimum atomic E-state index is 0.480. The monoisotopic (exact) mass is 304 g/mol. The van der Waals surface area contributed by atoms with Gasteiger partial charge in [-0.3, -0.25) is 0 Å². The summed E-state index contributed by atoms with van der Waals surface area (Å²) in [5.74, 6) is 3.05. The molecule has 0 aromatic carbocycles. The number of nitrogens with zero attached hydrogens (tertiary/aromatic N) is 1. The molecule has 0 spiro atoms. The Kier molecular flexibility index (Phi) is 3.61. The van der Waals surface area contributed by atoms with Crippen LogP contribution in [-0.4, -0.2) is 12.0 Å². The Morgan fingerprint density at radius 1 is 1.14 bits per heavy atom. The number of rotatable bonds is 5. The summed E-state index contributed by atoms with van der Waals surface area (Å²) >= 11 is 2.04. The van der Waals surface area contributed by atoms with Crippen molar-refractivity contribution in [2.75, 3.05) is 7.05 Å². The summed E-state index contributed by atoms with van der Waals surface area (Å²) in [4.78, 5) is 6.69. The van der Waals surface area contributed by atoms with Crippen molar-refractivity contribution in [3.8, 4) is 0 Å². The van der Waals surface area contributed by atoms with E-state index in [0.717, 1.165) is 30.7 Å². The van der Waals surface area contributed by atoms with Crippen LogP contribution in [0.3, 0.4) is 0 Å². The lowest BCUT2D eigenvalue weighted by atomic mass is 9.50. The van der Waals surface area contributed by atoms with Crippen molar-refractivity contribution in [1.82, 2.24) is 10.3 Å². The lowest BCUT2D eigenvalue weighted by Gasteiger charge is -2.56. The predicted molar refractivity (Wildman–Crippen MR) is 88.7 cm³/mol. The Balaban J connectivity index is 1.67. The van der Waals surface area contributed by atoms with Gasteiger partial charge in [-0.2, -0.15) is 0 Å². The maximum Gasteiger partial charge on any atom is 0.0993 e. The first-order valence-electron chi connectivity index (χ1n) is 8.86. The molecule has 2 nitrogen and oxygen atoms in total. The molecule has 4 saturated carbocycles. The van der Waals surface area contributed by atoms with E-state index in [4.69, 9.17) is 4.98 Å². The number of nitrogens with one attached hydrogen (secondary N) is 1. The van der Waals surface area contributed by atoms with E-state index >= 15 is 0 Å². The predicted octanol–water partition coefficient (Wildman–Crippen LogP) is 4.28. The van der Waals surface area contributed by atoms with E-state index in [1.165, 1.54) is 60.5 Å². The van der Waals surface area contributed by atoms with Crippen LogP contribution in [0, 0.1) is 17.8 Å². The molecule has 116 valence electrons. The molecule has 4 aliphatic carbocycles. The molecule has 1 heterocycles. The van der Waals surface area contributed by atoms with Gasteiger partial charge in [0, 0.05) is 16.8 Å². The van der Waals surface area contributed by atoms with Crippen LogP contribution in [0.5, 0.6) is 0 Å². The van der Waals surface area contributed by atoms with E-state index in [0.29, 0.717) is 5.41 Å². The molecule has 0 radical (unpaired) electrons. The largest absolute Gasteiger partial charge is 0.315 e. The standard InChI is InChI=1S/C18H28N2S/c1-3-4-15-16(11-19-2)21-17(20-15)18-8-12-5-13(9-18)7-14(6-12)10-18/h12-14,19H,3-11H2,1-2H3. The second-order valence-electron chi connectivity index (χ2n) is 7.87. The molecule has 0 aliphatic heterocycles. The topological polar surface area (TPSA) is 24.9 Å². The van der Waals surface area contributed by atoms with E-state index in [-0.39, 0.29) is 0 Å². The molecule has 3 heteroatoms. The summed E-state index contributed by atoms with van der Waals surface area (Å²) in [5.41, 5.74) is 1.87. The number of aryl methyl sites for hydroxylation is 1. The Morgan fingerprint density at radius 3 is 2.29 bits per heavy atom. The van der Waals surface area contributed by atoms with Gasteiger partial charge in [-0.1, -0.05) is 13.3 Å². The van der Waals surface area contributed by atoms with Crippen LogP contribution < -0.4 is 5.32 Å². The summed E-state index contributed by atoms with van der Waals surface area (Å²) in [6, 6.07) is 0. The molecular formula is C18H28N2S. The van der Waals surface area contributed by atoms with Crippen molar-refractivity contribution < 1.29 is 0 Å². The van der Waals surface area contributed by atoms with E-state index < -0.39 is 0 Å². The molecule has 21 heavy (non-hydrogen) atoms. The third-order valence-electron chi connectivity index (χ3n) is 6.09. The fourth-order valence-corrected chi connectivity index (χ4v) is 7.05. The van der Waals surface area contributed by atoms with E-state index in [2.05, 4.69) is 19.3 Å². The highest BCUT2D eigenvalue weighted by atomic mass is 32.1. The normalized spacial score (nSPS) is 37.3. The quantitative estimate of drug-likeness (QED) is 0.878. The Bertz CT molecular complexity index is 461. The van der Waals surface area contributed by atoms with Gasteiger partial charge >= 0.3 is 0 Å². The van der Waals surface area contributed by atoms with Crippen LogP contribution in [0.1, 0.15) is 67.4 Å². The highest BCUT2D eigenvalue weighted by Gasteiger charge is 2.53. The highest BCUT2D eigenvalue weighted by molar-refractivity contribution is 7.11. The van der Waals surface area contributed by atoms with E-state index in [9.17, 15) is 0 Å². The first-order valence-corrected chi connectivity index (χ1v) is 9.67. The summed E-state index contributed by atoms with van der Waals surface area (Å²) in [6.45, 7) is 3.27. The maximum atomic E-state index is 5.19. The molecule has 4 fully saturated rings. The van der Waals surface area contributed by atoms with Crippen molar-refractivity contribution in [1.29, 1.82) is 0 Å². The number of thiazole rings is 1.